The van der Waals surface area contributed by atoms with Crippen LogP contribution in [0.4, 0.5) is 5.69 Å². The lowest BCUT2D eigenvalue weighted by molar-refractivity contribution is 0.0280. The van der Waals surface area contributed by atoms with Gasteiger partial charge in [-0.1, -0.05) is 59.6 Å². The fourth-order valence-electron chi connectivity index (χ4n) is 3.44. The van der Waals surface area contributed by atoms with Gasteiger partial charge in [0.1, 0.15) is 0 Å². The second-order valence-electron chi connectivity index (χ2n) is 7.96. The summed E-state index contributed by atoms with van der Waals surface area (Å²) < 4.78 is 5.66. The molecule has 0 radical (unpaired) electrons. The Morgan fingerprint density at radius 2 is 1.29 bits per heavy atom. The van der Waals surface area contributed by atoms with Crippen LogP contribution in [0.1, 0.15) is 48.3 Å². The van der Waals surface area contributed by atoms with Crippen molar-refractivity contribution in [2.75, 3.05) is 5.32 Å². The number of amides is 1. The summed E-state index contributed by atoms with van der Waals surface area (Å²) in [5.74, 6) is -1.26. The van der Waals surface area contributed by atoms with Crippen molar-refractivity contribution >= 4 is 34.9 Å². The first kappa shape index (κ1) is 23.9. The van der Waals surface area contributed by atoms with E-state index in [0.717, 1.165) is 5.56 Å². The smallest absolute Gasteiger partial charge is 0.339 e. The normalized spacial score (nSPS) is 11.4. The zero-order valence-electron chi connectivity index (χ0n) is 18.9. The Hall–Kier alpha value is -4.22. The highest BCUT2D eigenvalue weighted by atomic mass is 35.5. The third kappa shape index (κ3) is 6.02. The Kier molecular flexibility index (Phi) is 7.38. The Balaban J connectivity index is 1.49. The van der Waals surface area contributed by atoms with Crippen molar-refractivity contribution in [1.82, 2.24) is 0 Å². The zero-order valence-corrected chi connectivity index (χ0v) is 19.7. The maximum Gasteiger partial charge on any atom is 0.339 e. The Bertz CT molecular complexity index is 1330. The van der Waals surface area contributed by atoms with Crippen molar-refractivity contribution in [2.45, 2.75) is 13.0 Å². The van der Waals surface area contributed by atoms with Gasteiger partial charge in [-0.15, -0.1) is 0 Å². The fraction of sp³-hybridized carbons (Fsp3) is 0.0690. The number of ketones is 1. The molecule has 0 aliphatic rings. The topological polar surface area (TPSA) is 72.5 Å². The van der Waals surface area contributed by atoms with Crippen LogP contribution >= 0.6 is 11.6 Å². The molecule has 1 atom stereocenters. The molecule has 4 rings (SSSR count). The van der Waals surface area contributed by atoms with E-state index in [-0.39, 0.29) is 17.3 Å². The highest BCUT2D eigenvalue weighted by Gasteiger charge is 2.26. The molecule has 0 unspecified atom stereocenters. The quantitative estimate of drug-likeness (QED) is 0.235. The maximum absolute atomic E-state index is 13.2. The van der Waals surface area contributed by atoms with E-state index >= 15 is 0 Å². The summed E-state index contributed by atoms with van der Waals surface area (Å²) in [7, 11) is 0. The highest BCUT2D eigenvalue weighted by Crippen LogP contribution is 2.25. The van der Waals surface area contributed by atoms with Crippen LogP contribution in [0.3, 0.4) is 0 Å². The average molecular weight is 484 g/mol. The van der Waals surface area contributed by atoms with Gasteiger partial charge in [-0.05, 0) is 67.6 Å². The maximum atomic E-state index is 13.2. The number of benzene rings is 4. The van der Waals surface area contributed by atoms with Crippen molar-refractivity contribution in [3.8, 4) is 0 Å². The number of aryl methyl sites for hydroxylation is 1. The molecule has 1 amide bonds. The van der Waals surface area contributed by atoms with Gasteiger partial charge in [0, 0.05) is 27.4 Å². The third-order valence-electron chi connectivity index (χ3n) is 5.39. The molecule has 6 heteroatoms. The first-order valence-electron chi connectivity index (χ1n) is 10.9. The highest BCUT2D eigenvalue weighted by molar-refractivity contribution is 6.30. The molecule has 0 aliphatic heterocycles. The number of carbonyl (C=O) groups excluding carboxylic acids is 3. The molecule has 0 aromatic heterocycles. The number of esters is 1. The Labute approximate surface area is 208 Å². The molecule has 0 bridgehead atoms. The van der Waals surface area contributed by atoms with Crippen molar-refractivity contribution in [3.05, 3.63) is 136 Å². The van der Waals surface area contributed by atoms with Crippen LogP contribution < -0.4 is 5.32 Å². The average Bonchev–Trinajstić information content (AvgIpc) is 2.88. The van der Waals surface area contributed by atoms with Crippen LogP contribution in [0, 0.1) is 6.92 Å². The number of Topliss-reactive ketones (excluding diaryl/α,β-unsaturated/α-hetero) is 1. The van der Waals surface area contributed by atoms with Gasteiger partial charge in [0.05, 0.1) is 5.56 Å². The predicted molar refractivity (Wildman–Crippen MR) is 136 cm³/mol. The summed E-state index contributed by atoms with van der Waals surface area (Å²) >= 11 is 5.94. The van der Waals surface area contributed by atoms with Crippen LogP contribution in [0.2, 0.25) is 5.02 Å². The van der Waals surface area contributed by atoms with Gasteiger partial charge < -0.3 is 10.1 Å². The molecule has 0 saturated carbocycles. The summed E-state index contributed by atoms with van der Waals surface area (Å²) in [6.45, 7) is 1.95. The number of hydrogen-bond acceptors (Lipinski definition) is 4. The molecular formula is C29H22ClNO4. The Morgan fingerprint density at radius 3 is 1.91 bits per heavy atom. The molecule has 0 heterocycles. The molecule has 0 spiro atoms. The van der Waals surface area contributed by atoms with E-state index in [4.69, 9.17) is 16.3 Å². The summed E-state index contributed by atoms with van der Waals surface area (Å²) in [5.41, 5.74) is 3.32. The molecule has 4 aromatic rings. The van der Waals surface area contributed by atoms with Crippen molar-refractivity contribution < 1.29 is 19.1 Å². The Morgan fingerprint density at radius 1 is 0.714 bits per heavy atom. The van der Waals surface area contributed by atoms with Crippen LogP contribution in [-0.2, 0) is 4.74 Å². The molecule has 5 nitrogen and oxygen atoms in total. The molecule has 0 fully saturated rings. The summed E-state index contributed by atoms with van der Waals surface area (Å²) in [6.07, 6.45) is -1.12. The lowest BCUT2D eigenvalue weighted by Crippen LogP contribution is -2.20. The lowest BCUT2D eigenvalue weighted by atomic mass is 9.99. The molecule has 174 valence electrons. The number of rotatable bonds is 7. The van der Waals surface area contributed by atoms with E-state index in [1.165, 1.54) is 0 Å². The minimum atomic E-state index is -1.12. The largest absolute Gasteiger partial charge is 0.445 e. The number of hydrogen-bond donors (Lipinski definition) is 1. The fourth-order valence-corrected chi connectivity index (χ4v) is 3.57. The van der Waals surface area contributed by atoms with Crippen LogP contribution in [-0.4, -0.2) is 17.7 Å². The van der Waals surface area contributed by atoms with Crippen molar-refractivity contribution in [3.63, 3.8) is 0 Å². The molecular weight excluding hydrogens is 462 g/mol. The standard InChI is InChI=1S/C29H22ClNO4/c1-19-7-9-22(10-8-19)28(33)31-25-17-13-23(14-18-25)29(34)35-27(21-5-3-2-4-6-21)26(32)20-11-15-24(30)16-12-20/h2-18,27H,1H3,(H,31,33)/t27-/m1/s1. The van der Waals surface area contributed by atoms with E-state index in [2.05, 4.69) is 5.32 Å². The number of anilines is 1. The second kappa shape index (κ2) is 10.8. The minimum absolute atomic E-state index is 0.252. The van der Waals surface area contributed by atoms with Gasteiger partial charge in [0.15, 0.2) is 6.10 Å². The molecule has 1 N–H and O–H groups in total. The van der Waals surface area contributed by atoms with E-state index in [0.29, 0.717) is 27.4 Å². The van der Waals surface area contributed by atoms with E-state index in [9.17, 15) is 14.4 Å². The van der Waals surface area contributed by atoms with Crippen molar-refractivity contribution in [1.29, 1.82) is 0 Å². The first-order chi connectivity index (χ1) is 16.9. The SMILES string of the molecule is Cc1ccc(C(=O)Nc2ccc(C(=O)O[C@@H](C(=O)c3ccc(Cl)cc3)c3ccccc3)cc2)cc1. The van der Waals surface area contributed by atoms with E-state index < -0.39 is 12.1 Å². The second-order valence-corrected chi connectivity index (χ2v) is 8.40. The number of halogens is 1. The third-order valence-corrected chi connectivity index (χ3v) is 5.64. The number of ether oxygens (including phenoxy) is 1. The van der Waals surface area contributed by atoms with Crippen LogP contribution in [0.25, 0.3) is 0 Å². The van der Waals surface area contributed by atoms with Gasteiger partial charge in [-0.3, -0.25) is 9.59 Å². The molecule has 4 aromatic carbocycles. The summed E-state index contributed by atoms with van der Waals surface area (Å²) in [6, 6.07) is 28.8. The summed E-state index contributed by atoms with van der Waals surface area (Å²) in [4.78, 5) is 38.5. The van der Waals surface area contributed by atoms with E-state index in [1.807, 2.05) is 25.1 Å². The molecule has 35 heavy (non-hydrogen) atoms. The number of carbonyl (C=O) groups is 3. The first-order valence-corrected chi connectivity index (χ1v) is 11.3. The van der Waals surface area contributed by atoms with Gasteiger partial charge in [0.25, 0.3) is 5.91 Å². The van der Waals surface area contributed by atoms with Gasteiger partial charge in [0.2, 0.25) is 5.78 Å². The monoisotopic (exact) mass is 483 g/mol. The minimum Gasteiger partial charge on any atom is -0.445 e. The van der Waals surface area contributed by atoms with Crippen LogP contribution in [0.15, 0.2) is 103 Å². The lowest BCUT2D eigenvalue weighted by Gasteiger charge is -2.18. The van der Waals surface area contributed by atoms with Crippen molar-refractivity contribution in [2.24, 2.45) is 0 Å². The van der Waals surface area contributed by atoms with E-state index in [1.54, 1.807) is 84.9 Å². The predicted octanol–water partition coefficient (Wildman–Crippen LogP) is 6.68. The number of nitrogens with one attached hydrogen (secondary N) is 1. The zero-order chi connectivity index (χ0) is 24.8. The molecule has 0 aliphatic carbocycles. The summed E-state index contributed by atoms with van der Waals surface area (Å²) in [5, 5.41) is 3.30. The van der Waals surface area contributed by atoms with Gasteiger partial charge in [-0.2, -0.15) is 0 Å². The molecule has 0 saturated heterocycles. The van der Waals surface area contributed by atoms with Gasteiger partial charge >= 0.3 is 5.97 Å². The van der Waals surface area contributed by atoms with Gasteiger partial charge in [-0.25, -0.2) is 4.79 Å². The van der Waals surface area contributed by atoms with Crippen LogP contribution in [0.5, 0.6) is 0 Å².